The maximum absolute atomic E-state index is 9.44. The second-order valence-electron chi connectivity index (χ2n) is 4.02. The normalized spacial score (nSPS) is 20.7. The molecular weight excluding hydrogens is 192 g/mol. The summed E-state index contributed by atoms with van der Waals surface area (Å²) in [4.78, 5) is 12.4. The van der Waals surface area contributed by atoms with E-state index in [1.54, 1.807) is 6.33 Å². The van der Waals surface area contributed by atoms with E-state index in [-0.39, 0.29) is 6.10 Å². The molecule has 1 aliphatic rings. The fourth-order valence-corrected chi connectivity index (χ4v) is 1.70. The second kappa shape index (κ2) is 4.02. The van der Waals surface area contributed by atoms with E-state index in [1.807, 2.05) is 25.1 Å². The second-order valence-corrected chi connectivity index (χ2v) is 4.02. The van der Waals surface area contributed by atoms with Crippen LogP contribution in [0.2, 0.25) is 0 Å². The fraction of sp³-hybridized carbons (Fsp3) is 0.600. The van der Waals surface area contributed by atoms with Crippen LogP contribution in [0.3, 0.4) is 0 Å². The number of aliphatic hydroxyl groups excluding tert-OH is 1. The molecule has 0 saturated carbocycles. The van der Waals surface area contributed by atoms with Gasteiger partial charge in [-0.2, -0.15) is 0 Å². The third kappa shape index (κ3) is 2.18. The van der Waals surface area contributed by atoms with E-state index in [9.17, 15) is 5.11 Å². The lowest BCUT2D eigenvalue weighted by molar-refractivity contribution is 0.198. The summed E-state index contributed by atoms with van der Waals surface area (Å²) in [6.07, 6.45) is 2.17. The van der Waals surface area contributed by atoms with E-state index in [0.717, 1.165) is 24.6 Å². The molecule has 0 aliphatic carbocycles. The lowest BCUT2D eigenvalue weighted by Crippen LogP contribution is -2.23. The fourth-order valence-electron chi connectivity index (χ4n) is 1.70. The van der Waals surface area contributed by atoms with Crippen molar-refractivity contribution in [3.63, 3.8) is 0 Å². The van der Waals surface area contributed by atoms with Crippen molar-refractivity contribution < 1.29 is 5.11 Å². The number of aromatic nitrogens is 2. The van der Waals surface area contributed by atoms with E-state index >= 15 is 0 Å². The first-order chi connectivity index (χ1) is 7.16. The summed E-state index contributed by atoms with van der Waals surface area (Å²) in [6.45, 7) is 1.54. The maximum atomic E-state index is 9.44. The zero-order valence-corrected chi connectivity index (χ0v) is 9.09. The van der Waals surface area contributed by atoms with Gasteiger partial charge in [-0.05, 0) is 6.42 Å². The van der Waals surface area contributed by atoms with Crippen LogP contribution in [-0.4, -0.2) is 48.4 Å². The predicted molar refractivity (Wildman–Crippen MR) is 59.2 cm³/mol. The highest BCUT2D eigenvalue weighted by Crippen LogP contribution is 2.20. The molecule has 1 N–H and O–H groups in total. The third-order valence-corrected chi connectivity index (χ3v) is 2.58. The molecule has 0 amide bonds. The summed E-state index contributed by atoms with van der Waals surface area (Å²) < 4.78 is 0. The summed E-state index contributed by atoms with van der Waals surface area (Å²) in [6, 6.07) is 1.94. The molecule has 1 atom stereocenters. The van der Waals surface area contributed by atoms with Crippen LogP contribution in [0.25, 0.3) is 0 Å². The number of anilines is 2. The van der Waals surface area contributed by atoms with Gasteiger partial charge in [0, 0.05) is 33.3 Å². The van der Waals surface area contributed by atoms with Crippen LogP contribution >= 0.6 is 0 Å². The van der Waals surface area contributed by atoms with Crippen molar-refractivity contribution in [1.29, 1.82) is 0 Å². The smallest absolute Gasteiger partial charge is 0.134 e. The number of rotatable bonds is 2. The van der Waals surface area contributed by atoms with Gasteiger partial charge in [0.05, 0.1) is 6.10 Å². The molecule has 2 heterocycles. The molecule has 1 aromatic heterocycles. The summed E-state index contributed by atoms with van der Waals surface area (Å²) in [5.41, 5.74) is 0. The topological polar surface area (TPSA) is 52.5 Å². The summed E-state index contributed by atoms with van der Waals surface area (Å²) in [5, 5.41) is 9.44. The SMILES string of the molecule is CN(C)c1cc(N2CC[C@@H](O)C2)ncn1. The molecule has 2 rings (SSSR count). The molecule has 0 bridgehead atoms. The standard InChI is InChI=1S/C10H16N4O/c1-13(2)9-5-10(12-7-11-9)14-4-3-8(15)6-14/h5,7-8,15H,3-4,6H2,1-2H3/t8-/m1/s1. The molecule has 82 valence electrons. The number of hydrogen-bond acceptors (Lipinski definition) is 5. The Morgan fingerprint density at radius 3 is 2.87 bits per heavy atom. The van der Waals surface area contributed by atoms with Crippen LogP contribution < -0.4 is 9.80 Å². The van der Waals surface area contributed by atoms with E-state index < -0.39 is 0 Å². The van der Waals surface area contributed by atoms with Crippen LogP contribution in [-0.2, 0) is 0 Å². The van der Waals surface area contributed by atoms with Crippen molar-refractivity contribution in [2.24, 2.45) is 0 Å². The molecule has 15 heavy (non-hydrogen) atoms. The summed E-state index contributed by atoms with van der Waals surface area (Å²) >= 11 is 0. The van der Waals surface area contributed by atoms with Gasteiger partial charge in [-0.25, -0.2) is 9.97 Å². The lowest BCUT2D eigenvalue weighted by Gasteiger charge is -2.18. The van der Waals surface area contributed by atoms with E-state index in [4.69, 9.17) is 0 Å². The van der Waals surface area contributed by atoms with Gasteiger partial charge in [0.25, 0.3) is 0 Å². The van der Waals surface area contributed by atoms with Gasteiger partial charge in [0.15, 0.2) is 0 Å². The highest BCUT2D eigenvalue weighted by atomic mass is 16.3. The average molecular weight is 208 g/mol. The van der Waals surface area contributed by atoms with Gasteiger partial charge in [-0.15, -0.1) is 0 Å². The Hall–Kier alpha value is -1.36. The van der Waals surface area contributed by atoms with Crippen molar-refractivity contribution in [2.45, 2.75) is 12.5 Å². The molecule has 0 unspecified atom stereocenters. The monoisotopic (exact) mass is 208 g/mol. The van der Waals surface area contributed by atoms with Crippen molar-refractivity contribution >= 4 is 11.6 Å². The molecule has 0 spiro atoms. The zero-order valence-electron chi connectivity index (χ0n) is 9.09. The molecule has 1 saturated heterocycles. The third-order valence-electron chi connectivity index (χ3n) is 2.58. The van der Waals surface area contributed by atoms with Gasteiger partial charge in [0.1, 0.15) is 18.0 Å². The molecule has 1 aromatic rings. The average Bonchev–Trinajstić information content (AvgIpc) is 2.65. The minimum atomic E-state index is -0.220. The number of aliphatic hydroxyl groups is 1. The van der Waals surface area contributed by atoms with Gasteiger partial charge in [-0.3, -0.25) is 0 Å². The molecule has 5 heteroatoms. The molecule has 0 aromatic carbocycles. The van der Waals surface area contributed by atoms with E-state index in [0.29, 0.717) is 6.54 Å². The van der Waals surface area contributed by atoms with Gasteiger partial charge in [-0.1, -0.05) is 0 Å². The molecule has 5 nitrogen and oxygen atoms in total. The highest BCUT2D eigenvalue weighted by molar-refractivity contribution is 5.49. The first-order valence-electron chi connectivity index (χ1n) is 5.09. The van der Waals surface area contributed by atoms with Crippen molar-refractivity contribution in [3.8, 4) is 0 Å². The minimum absolute atomic E-state index is 0.220. The Morgan fingerprint density at radius 2 is 2.27 bits per heavy atom. The van der Waals surface area contributed by atoms with Crippen molar-refractivity contribution in [1.82, 2.24) is 9.97 Å². The Balaban J connectivity index is 2.18. The Bertz CT molecular complexity index is 342. The number of nitrogens with zero attached hydrogens (tertiary/aromatic N) is 4. The van der Waals surface area contributed by atoms with Crippen LogP contribution in [0.1, 0.15) is 6.42 Å². The maximum Gasteiger partial charge on any atom is 0.134 e. The Morgan fingerprint density at radius 1 is 1.47 bits per heavy atom. The van der Waals surface area contributed by atoms with Crippen LogP contribution in [0.4, 0.5) is 11.6 Å². The Labute approximate surface area is 89.4 Å². The molecule has 1 aliphatic heterocycles. The summed E-state index contributed by atoms with van der Waals surface area (Å²) in [7, 11) is 3.90. The zero-order chi connectivity index (χ0) is 10.8. The van der Waals surface area contributed by atoms with Crippen LogP contribution in [0.5, 0.6) is 0 Å². The molecular formula is C10H16N4O. The van der Waals surface area contributed by atoms with Gasteiger partial charge in [0.2, 0.25) is 0 Å². The Kier molecular flexibility index (Phi) is 2.73. The van der Waals surface area contributed by atoms with Gasteiger partial charge >= 0.3 is 0 Å². The highest BCUT2D eigenvalue weighted by Gasteiger charge is 2.21. The van der Waals surface area contributed by atoms with Crippen LogP contribution in [0, 0.1) is 0 Å². The first kappa shape index (κ1) is 10.2. The largest absolute Gasteiger partial charge is 0.391 e. The first-order valence-corrected chi connectivity index (χ1v) is 5.09. The minimum Gasteiger partial charge on any atom is -0.391 e. The van der Waals surface area contributed by atoms with Crippen LogP contribution in [0.15, 0.2) is 12.4 Å². The summed E-state index contributed by atoms with van der Waals surface area (Å²) in [5.74, 6) is 1.78. The number of hydrogen-bond donors (Lipinski definition) is 1. The van der Waals surface area contributed by atoms with E-state index in [2.05, 4.69) is 14.9 Å². The van der Waals surface area contributed by atoms with Crippen molar-refractivity contribution in [3.05, 3.63) is 12.4 Å². The number of β-amino-alcohol motifs (C(OH)–C–C–N with tert-alkyl or cyclic N) is 1. The predicted octanol–water partition coefficient (Wildman–Crippen LogP) is 0.114. The lowest BCUT2D eigenvalue weighted by atomic mass is 10.3. The quantitative estimate of drug-likeness (QED) is 0.748. The van der Waals surface area contributed by atoms with Crippen molar-refractivity contribution in [2.75, 3.05) is 37.0 Å². The van der Waals surface area contributed by atoms with E-state index in [1.165, 1.54) is 0 Å². The molecule has 1 fully saturated rings. The molecule has 0 radical (unpaired) electrons. The van der Waals surface area contributed by atoms with Gasteiger partial charge < -0.3 is 14.9 Å².